The van der Waals surface area contributed by atoms with Crippen molar-refractivity contribution >= 4 is 23.2 Å². The van der Waals surface area contributed by atoms with E-state index in [1.165, 1.54) is 0 Å². The number of nitrogens with one attached hydrogen (secondary N) is 2. The lowest BCUT2D eigenvalue weighted by molar-refractivity contribution is -0.133. The Balaban J connectivity index is 1.70. The van der Waals surface area contributed by atoms with Crippen LogP contribution in [0.5, 0.6) is 11.5 Å². The Morgan fingerprint density at radius 2 is 1.96 bits per heavy atom. The molecule has 0 spiro atoms. The highest BCUT2D eigenvalue weighted by molar-refractivity contribution is 6.15. The van der Waals surface area contributed by atoms with Gasteiger partial charge in [0.15, 0.2) is 0 Å². The van der Waals surface area contributed by atoms with Gasteiger partial charge in [-0.05, 0) is 43.3 Å². The predicted molar refractivity (Wildman–Crippen MR) is 85.7 cm³/mol. The van der Waals surface area contributed by atoms with Crippen molar-refractivity contribution in [3.8, 4) is 11.5 Å². The molecular weight excluding hydrogens is 296 g/mol. The summed E-state index contributed by atoms with van der Waals surface area (Å²) in [7, 11) is 0. The molecule has 0 aromatic heterocycles. The van der Waals surface area contributed by atoms with Crippen LogP contribution in [0.1, 0.15) is 6.92 Å². The van der Waals surface area contributed by atoms with E-state index in [1.54, 1.807) is 48.5 Å². The van der Waals surface area contributed by atoms with Crippen molar-refractivity contribution in [1.29, 1.82) is 0 Å². The van der Waals surface area contributed by atoms with Gasteiger partial charge in [-0.3, -0.25) is 9.59 Å². The summed E-state index contributed by atoms with van der Waals surface area (Å²) >= 11 is 0. The Morgan fingerprint density at radius 1 is 1.22 bits per heavy atom. The second-order valence-corrected chi connectivity index (χ2v) is 4.93. The molecule has 0 fully saturated rings. The molecule has 1 aliphatic rings. The Kier molecular flexibility index (Phi) is 4.14. The molecule has 0 bridgehead atoms. The molecule has 6 heteroatoms. The molecule has 6 nitrogen and oxygen atoms in total. The van der Waals surface area contributed by atoms with Gasteiger partial charge in [-0.1, -0.05) is 12.1 Å². The third kappa shape index (κ3) is 3.26. The van der Waals surface area contributed by atoms with Crippen molar-refractivity contribution < 1.29 is 19.1 Å². The fourth-order valence-corrected chi connectivity index (χ4v) is 2.23. The summed E-state index contributed by atoms with van der Waals surface area (Å²) in [6.45, 7) is 2.47. The topological polar surface area (TPSA) is 76.7 Å². The third-order valence-corrected chi connectivity index (χ3v) is 3.30. The van der Waals surface area contributed by atoms with Crippen molar-refractivity contribution in [2.45, 2.75) is 13.0 Å². The molecule has 0 unspecified atom stereocenters. The number of para-hydroxylation sites is 2. The zero-order chi connectivity index (χ0) is 16.2. The number of fused-ring (bicyclic) bond motifs is 1. The summed E-state index contributed by atoms with van der Waals surface area (Å²) in [5.41, 5.74) is 1.12. The number of anilines is 2. The second kappa shape index (κ2) is 6.39. The number of ether oxygens (including phenoxy) is 2. The number of hydrogen-bond acceptors (Lipinski definition) is 4. The van der Waals surface area contributed by atoms with Crippen LogP contribution >= 0.6 is 0 Å². The first-order valence-corrected chi connectivity index (χ1v) is 7.27. The Hall–Kier alpha value is -3.02. The van der Waals surface area contributed by atoms with Crippen LogP contribution in [0.25, 0.3) is 0 Å². The van der Waals surface area contributed by atoms with Gasteiger partial charge in [0.2, 0.25) is 0 Å². The van der Waals surface area contributed by atoms with Gasteiger partial charge in [0, 0.05) is 5.69 Å². The first-order valence-electron chi connectivity index (χ1n) is 7.27. The molecule has 1 atom stereocenters. The van der Waals surface area contributed by atoms with Gasteiger partial charge >= 0.3 is 0 Å². The van der Waals surface area contributed by atoms with Gasteiger partial charge in [0.05, 0.1) is 12.3 Å². The van der Waals surface area contributed by atoms with Gasteiger partial charge < -0.3 is 20.1 Å². The van der Waals surface area contributed by atoms with E-state index >= 15 is 0 Å². The first kappa shape index (κ1) is 14.9. The van der Waals surface area contributed by atoms with E-state index in [-0.39, 0.29) is 0 Å². The van der Waals surface area contributed by atoms with Crippen molar-refractivity contribution in [2.75, 3.05) is 17.2 Å². The molecule has 1 aliphatic heterocycles. The number of benzene rings is 2. The van der Waals surface area contributed by atoms with Crippen molar-refractivity contribution in [3.05, 3.63) is 48.5 Å². The summed E-state index contributed by atoms with van der Waals surface area (Å²) in [4.78, 5) is 24.3. The summed E-state index contributed by atoms with van der Waals surface area (Å²) in [6, 6.07) is 13.9. The van der Waals surface area contributed by atoms with E-state index in [1.807, 2.05) is 6.92 Å². The van der Waals surface area contributed by atoms with Gasteiger partial charge in [-0.15, -0.1) is 0 Å². The summed E-state index contributed by atoms with van der Waals surface area (Å²) in [5, 5.41) is 5.32. The lowest BCUT2D eigenvalue weighted by Crippen LogP contribution is -2.45. The predicted octanol–water partition coefficient (Wildman–Crippen LogP) is 2.42. The lowest BCUT2D eigenvalue weighted by Gasteiger charge is -2.24. The lowest BCUT2D eigenvalue weighted by atomic mass is 10.2. The van der Waals surface area contributed by atoms with Gasteiger partial charge in [-0.2, -0.15) is 0 Å². The van der Waals surface area contributed by atoms with Crippen LogP contribution in [-0.2, 0) is 9.59 Å². The molecule has 0 aliphatic carbocycles. The normalized spacial score (nSPS) is 15.9. The summed E-state index contributed by atoms with van der Waals surface area (Å²) in [6.07, 6.45) is -1.23. The number of amides is 2. The SMILES string of the molecule is CCOc1ccc(NC(=O)[C@H]2Oc3ccccc3NC2=O)cc1. The van der Waals surface area contributed by atoms with Crippen molar-refractivity contribution in [1.82, 2.24) is 0 Å². The highest BCUT2D eigenvalue weighted by atomic mass is 16.5. The first-order chi connectivity index (χ1) is 11.2. The van der Waals surface area contributed by atoms with Crippen LogP contribution in [0.2, 0.25) is 0 Å². The minimum Gasteiger partial charge on any atom is -0.494 e. The monoisotopic (exact) mass is 312 g/mol. The molecule has 1 heterocycles. The van der Waals surface area contributed by atoms with Crippen LogP contribution in [0.3, 0.4) is 0 Å². The molecular formula is C17H16N2O4. The van der Waals surface area contributed by atoms with Crippen molar-refractivity contribution in [2.24, 2.45) is 0 Å². The van der Waals surface area contributed by atoms with Crippen LogP contribution in [-0.4, -0.2) is 24.5 Å². The Morgan fingerprint density at radius 3 is 2.70 bits per heavy atom. The molecule has 0 saturated carbocycles. The largest absolute Gasteiger partial charge is 0.494 e. The average molecular weight is 312 g/mol. The number of hydrogen-bond donors (Lipinski definition) is 2. The van der Waals surface area contributed by atoms with E-state index < -0.39 is 17.9 Å². The smallest absolute Gasteiger partial charge is 0.275 e. The summed E-state index contributed by atoms with van der Waals surface area (Å²) in [5.74, 6) is 0.165. The fraction of sp³-hybridized carbons (Fsp3) is 0.176. The van der Waals surface area contributed by atoms with E-state index in [2.05, 4.69) is 10.6 Å². The molecule has 2 aromatic rings. The molecule has 2 amide bonds. The van der Waals surface area contributed by atoms with Crippen LogP contribution in [0.15, 0.2) is 48.5 Å². The van der Waals surface area contributed by atoms with Gasteiger partial charge in [0.25, 0.3) is 17.9 Å². The number of carbonyl (C=O) groups excluding carboxylic acids is 2. The molecule has 23 heavy (non-hydrogen) atoms. The highest BCUT2D eigenvalue weighted by Gasteiger charge is 2.33. The van der Waals surface area contributed by atoms with E-state index in [0.29, 0.717) is 29.5 Å². The van der Waals surface area contributed by atoms with Crippen LogP contribution in [0, 0.1) is 0 Å². The maximum Gasteiger partial charge on any atom is 0.275 e. The molecule has 2 N–H and O–H groups in total. The zero-order valence-corrected chi connectivity index (χ0v) is 12.5. The minimum atomic E-state index is -1.23. The standard InChI is InChI=1S/C17H16N2O4/c1-2-22-12-9-7-11(8-10-12)18-16(20)15-17(21)19-13-5-3-4-6-14(13)23-15/h3-10,15H,2H2,1H3,(H,18,20)(H,19,21)/t15-/m1/s1. The highest BCUT2D eigenvalue weighted by Crippen LogP contribution is 2.29. The fourth-order valence-electron chi connectivity index (χ4n) is 2.23. The molecule has 118 valence electrons. The van der Waals surface area contributed by atoms with Crippen LogP contribution < -0.4 is 20.1 Å². The quantitative estimate of drug-likeness (QED) is 0.850. The molecule has 0 radical (unpaired) electrons. The Bertz CT molecular complexity index is 728. The van der Waals surface area contributed by atoms with E-state index in [0.717, 1.165) is 0 Å². The maximum absolute atomic E-state index is 12.3. The van der Waals surface area contributed by atoms with Gasteiger partial charge in [-0.25, -0.2) is 0 Å². The van der Waals surface area contributed by atoms with E-state index in [4.69, 9.17) is 9.47 Å². The average Bonchev–Trinajstić information content (AvgIpc) is 2.56. The van der Waals surface area contributed by atoms with Crippen LogP contribution in [0.4, 0.5) is 11.4 Å². The Labute approximate surface area is 133 Å². The number of rotatable bonds is 4. The minimum absolute atomic E-state index is 0.471. The second-order valence-electron chi connectivity index (χ2n) is 4.93. The molecule has 0 saturated heterocycles. The van der Waals surface area contributed by atoms with Gasteiger partial charge in [0.1, 0.15) is 11.5 Å². The zero-order valence-electron chi connectivity index (χ0n) is 12.5. The summed E-state index contributed by atoms with van der Waals surface area (Å²) < 4.78 is 10.8. The maximum atomic E-state index is 12.3. The van der Waals surface area contributed by atoms with Crippen molar-refractivity contribution in [3.63, 3.8) is 0 Å². The van der Waals surface area contributed by atoms with E-state index in [9.17, 15) is 9.59 Å². The molecule has 2 aromatic carbocycles. The molecule has 3 rings (SSSR count). The number of carbonyl (C=O) groups is 2. The third-order valence-electron chi connectivity index (χ3n) is 3.30.